The predicted molar refractivity (Wildman–Crippen MR) is 70.3 cm³/mol. The Hall–Kier alpha value is -0.970. The first-order valence-corrected chi connectivity index (χ1v) is 6.17. The molecule has 0 aliphatic heterocycles. The molecule has 3 nitrogen and oxygen atoms in total. The monoisotopic (exact) mass is 273 g/mol. The predicted octanol–water partition coefficient (Wildman–Crippen LogP) is 3.64. The number of aromatic nitrogens is 1. The van der Waals surface area contributed by atoms with Crippen molar-refractivity contribution < 1.29 is 0 Å². The molecule has 1 heterocycles. The Balaban J connectivity index is 2.07. The number of nitrogen functional groups attached to an aromatic ring is 1. The summed E-state index contributed by atoms with van der Waals surface area (Å²) in [6.07, 6.45) is 0. The summed E-state index contributed by atoms with van der Waals surface area (Å²) in [7, 11) is 0. The van der Waals surface area contributed by atoms with Crippen LogP contribution in [0.1, 0.15) is 5.69 Å². The molecule has 84 valence electrons. The zero-order valence-electron chi connectivity index (χ0n) is 8.21. The molecule has 16 heavy (non-hydrogen) atoms. The van der Waals surface area contributed by atoms with E-state index in [9.17, 15) is 0 Å². The Morgan fingerprint density at radius 1 is 1.38 bits per heavy atom. The van der Waals surface area contributed by atoms with Crippen LogP contribution >= 0.6 is 34.5 Å². The lowest BCUT2D eigenvalue weighted by Gasteiger charge is -2.06. The van der Waals surface area contributed by atoms with Crippen molar-refractivity contribution >= 4 is 45.4 Å². The van der Waals surface area contributed by atoms with Crippen LogP contribution in [0.5, 0.6) is 0 Å². The Morgan fingerprint density at radius 3 is 2.88 bits per heavy atom. The zero-order chi connectivity index (χ0) is 11.5. The second kappa shape index (κ2) is 4.91. The van der Waals surface area contributed by atoms with E-state index in [1.165, 1.54) is 11.3 Å². The maximum atomic E-state index is 6.00. The van der Waals surface area contributed by atoms with Gasteiger partial charge < -0.3 is 11.1 Å². The van der Waals surface area contributed by atoms with Gasteiger partial charge in [-0.2, -0.15) is 0 Å². The summed E-state index contributed by atoms with van der Waals surface area (Å²) in [5, 5.41) is 6.90. The maximum Gasteiger partial charge on any atom is 0.180 e. The molecule has 0 aliphatic rings. The van der Waals surface area contributed by atoms with Crippen LogP contribution in [-0.2, 0) is 6.54 Å². The lowest BCUT2D eigenvalue weighted by Crippen LogP contribution is -2.00. The highest BCUT2D eigenvalue weighted by Gasteiger charge is 2.02. The van der Waals surface area contributed by atoms with Gasteiger partial charge in [0.15, 0.2) is 5.13 Å². The summed E-state index contributed by atoms with van der Waals surface area (Å²) in [6, 6.07) is 5.27. The van der Waals surface area contributed by atoms with E-state index in [1.54, 1.807) is 18.2 Å². The summed E-state index contributed by atoms with van der Waals surface area (Å²) in [4.78, 5) is 4.14. The van der Waals surface area contributed by atoms with Crippen LogP contribution in [0.2, 0.25) is 10.0 Å². The van der Waals surface area contributed by atoms with Gasteiger partial charge in [0.2, 0.25) is 0 Å². The normalized spacial score (nSPS) is 10.4. The van der Waals surface area contributed by atoms with E-state index in [1.807, 2.05) is 5.38 Å². The number of hydrogen-bond acceptors (Lipinski definition) is 4. The molecular formula is C10H9Cl2N3S. The number of anilines is 2. The number of nitrogens with two attached hydrogens (primary N) is 1. The van der Waals surface area contributed by atoms with Gasteiger partial charge in [-0.15, -0.1) is 11.3 Å². The van der Waals surface area contributed by atoms with Crippen molar-refractivity contribution in [1.82, 2.24) is 4.98 Å². The van der Waals surface area contributed by atoms with Gasteiger partial charge in [-0.1, -0.05) is 23.2 Å². The first-order valence-electron chi connectivity index (χ1n) is 4.54. The topological polar surface area (TPSA) is 50.9 Å². The highest BCUT2D eigenvalue weighted by atomic mass is 35.5. The molecular weight excluding hydrogens is 265 g/mol. The molecule has 2 rings (SSSR count). The highest BCUT2D eigenvalue weighted by molar-refractivity contribution is 7.13. The molecule has 0 saturated carbocycles. The van der Waals surface area contributed by atoms with E-state index in [2.05, 4.69) is 10.3 Å². The molecule has 0 spiro atoms. The van der Waals surface area contributed by atoms with Crippen molar-refractivity contribution in [2.24, 2.45) is 0 Å². The third kappa shape index (κ3) is 2.78. The molecule has 0 amide bonds. The summed E-state index contributed by atoms with van der Waals surface area (Å²) >= 11 is 13.3. The number of rotatable bonds is 3. The lowest BCUT2D eigenvalue weighted by molar-refractivity contribution is 1.08. The Bertz CT molecular complexity index is 499. The molecule has 3 N–H and O–H groups in total. The summed E-state index contributed by atoms with van der Waals surface area (Å²) in [5.74, 6) is 0. The standard InChI is InChI=1S/C10H9Cl2N3S/c11-6-1-2-8(12)9(3-6)14-4-7-5-16-10(13)15-7/h1-3,5,14H,4H2,(H2,13,15). The average Bonchev–Trinajstić information content (AvgIpc) is 2.66. The fourth-order valence-corrected chi connectivity index (χ4v) is 2.14. The molecule has 0 bridgehead atoms. The van der Waals surface area contributed by atoms with E-state index < -0.39 is 0 Å². The minimum Gasteiger partial charge on any atom is -0.378 e. The number of halogens is 2. The molecule has 0 aliphatic carbocycles. The molecule has 1 aromatic heterocycles. The molecule has 6 heteroatoms. The van der Waals surface area contributed by atoms with Gasteiger partial charge in [0, 0.05) is 10.4 Å². The zero-order valence-corrected chi connectivity index (χ0v) is 10.5. The van der Waals surface area contributed by atoms with Crippen LogP contribution in [0.15, 0.2) is 23.6 Å². The molecule has 0 unspecified atom stereocenters. The fraction of sp³-hybridized carbons (Fsp3) is 0.100. The number of thiazole rings is 1. The number of hydrogen-bond donors (Lipinski definition) is 2. The van der Waals surface area contributed by atoms with Gasteiger partial charge >= 0.3 is 0 Å². The first-order chi connectivity index (χ1) is 7.65. The second-order valence-corrected chi connectivity index (χ2v) is 4.89. The van der Waals surface area contributed by atoms with Crippen LogP contribution in [0.4, 0.5) is 10.8 Å². The Labute approximate surface area is 107 Å². The van der Waals surface area contributed by atoms with E-state index >= 15 is 0 Å². The maximum absolute atomic E-state index is 6.00. The van der Waals surface area contributed by atoms with Gasteiger partial charge in [0.1, 0.15) is 0 Å². The van der Waals surface area contributed by atoms with Crippen LogP contribution in [0, 0.1) is 0 Å². The summed E-state index contributed by atoms with van der Waals surface area (Å²) in [6.45, 7) is 0.577. The highest BCUT2D eigenvalue weighted by Crippen LogP contribution is 2.26. The van der Waals surface area contributed by atoms with Crippen LogP contribution in [0.25, 0.3) is 0 Å². The lowest BCUT2D eigenvalue weighted by atomic mass is 10.3. The van der Waals surface area contributed by atoms with E-state index in [0.717, 1.165) is 11.4 Å². The van der Waals surface area contributed by atoms with Gasteiger partial charge in [-0.25, -0.2) is 4.98 Å². The van der Waals surface area contributed by atoms with Crippen molar-refractivity contribution in [3.8, 4) is 0 Å². The van der Waals surface area contributed by atoms with Crippen LogP contribution < -0.4 is 11.1 Å². The second-order valence-electron chi connectivity index (χ2n) is 3.15. The molecule has 0 atom stereocenters. The molecule has 1 aromatic carbocycles. The first kappa shape index (κ1) is 11.5. The van der Waals surface area contributed by atoms with Gasteiger partial charge in [-0.05, 0) is 18.2 Å². The smallest absolute Gasteiger partial charge is 0.180 e. The van der Waals surface area contributed by atoms with Gasteiger partial charge in [-0.3, -0.25) is 0 Å². The largest absolute Gasteiger partial charge is 0.378 e. The fourth-order valence-electron chi connectivity index (χ4n) is 1.22. The van der Waals surface area contributed by atoms with Crippen molar-refractivity contribution in [2.75, 3.05) is 11.1 Å². The van der Waals surface area contributed by atoms with Crippen molar-refractivity contribution in [3.05, 3.63) is 39.3 Å². The minimum atomic E-state index is 0.564. The van der Waals surface area contributed by atoms with Crippen molar-refractivity contribution in [1.29, 1.82) is 0 Å². The number of nitrogens with zero attached hydrogens (tertiary/aromatic N) is 1. The minimum absolute atomic E-state index is 0.564. The van der Waals surface area contributed by atoms with Gasteiger partial charge in [0.25, 0.3) is 0 Å². The quantitative estimate of drug-likeness (QED) is 0.898. The van der Waals surface area contributed by atoms with Crippen molar-refractivity contribution in [3.63, 3.8) is 0 Å². The summed E-state index contributed by atoms with van der Waals surface area (Å²) in [5.41, 5.74) is 7.21. The Kier molecular flexibility index (Phi) is 3.53. The molecule has 2 aromatic rings. The average molecular weight is 274 g/mol. The molecule has 0 radical (unpaired) electrons. The SMILES string of the molecule is Nc1nc(CNc2cc(Cl)ccc2Cl)cs1. The van der Waals surface area contributed by atoms with E-state index in [4.69, 9.17) is 28.9 Å². The third-order valence-electron chi connectivity index (χ3n) is 1.96. The van der Waals surface area contributed by atoms with Gasteiger partial charge in [0.05, 0.1) is 22.9 Å². The van der Waals surface area contributed by atoms with E-state index in [-0.39, 0.29) is 0 Å². The molecule has 0 saturated heterocycles. The molecule has 0 fully saturated rings. The summed E-state index contributed by atoms with van der Waals surface area (Å²) < 4.78 is 0. The third-order valence-corrected chi connectivity index (χ3v) is 3.25. The van der Waals surface area contributed by atoms with Crippen LogP contribution in [-0.4, -0.2) is 4.98 Å². The Morgan fingerprint density at radius 2 is 2.19 bits per heavy atom. The van der Waals surface area contributed by atoms with Crippen molar-refractivity contribution in [2.45, 2.75) is 6.54 Å². The van der Waals surface area contributed by atoms with Crippen LogP contribution in [0.3, 0.4) is 0 Å². The number of benzene rings is 1. The van der Waals surface area contributed by atoms with E-state index in [0.29, 0.717) is 21.7 Å². The number of nitrogens with one attached hydrogen (secondary N) is 1.